The topological polar surface area (TPSA) is 81.7 Å². The number of aliphatic carboxylic acids is 1. The lowest BCUT2D eigenvalue weighted by atomic mass is 9.94. The minimum Gasteiger partial charge on any atom is -0.481 e. The number of amides is 2. The largest absolute Gasteiger partial charge is 0.481 e. The second-order valence-electron chi connectivity index (χ2n) is 6.69. The molecule has 1 heterocycles. The third kappa shape index (κ3) is 7.90. The number of carbonyl (C=O) groups excluding carboxylic acids is 1. The van der Waals surface area contributed by atoms with Gasteiger partial charge in [0.2, 0.25) is 0 Å². The smallest absolute Gasteiger partial charge is 0.315 e. The van der Waals surface area contributed by atoms with Gasteiger partial charge in [-0.2, -0.15) is 0 Å². The Labute approximate surface area is 127 Å². The number of nitrogens with zero attached hydrogens (tertiary/aromatic N) is 1. The highest BCUT2D eigenvalue weighted by molar-refractivity contribution is 5.74. The van der Waals surface area contributed by atoms with Crippen LogP contribution in [0.2, 0.25) is 0 Å². The number of carbonyl (C=O) groups is 2. The van der Waals surface area contributed by atoms with Gasteiger partial charge in [-0.25, -0.2) is 4.79 Å². The molecular formula is C15H29N3O3. The molecule has 0 radical (unpaired) electrons. The summed E-state index contributed by atoms with van der Waals surface area (Å²) < 4.78 is 0. The van der Waals surface area contributed by atoms with Gasteiger partial charge >= 0.3 is 12.0 Å². The van der Waals surface area contributed by atoms with E-state index >= 15 is 0 Å². The Morgan fingerprint density at radius 2 is 1.90 bits per heavy atom. The number of carboxylic acids is 1. The molecule has 21 heavy (non-hydrogen) atoms. The van der Waals surface area contributed by atoms with Crippen molar-refractivity contribution < 1.29 is 14.7 Å². The van der Waals surface area contributed by atoms with Crippen molar-refractivity contribution in [3.05, 3.63) is 0 Å². The minimum atomic E-state index is -0.840. The van der Waals surface area contributed by atoms with Crippen molar-refractivity contribution in [1.82, 2.24) is 15.5 Å². The maximum absolute atomic E-state index is 11.8. The molecule has 0 saturated carbocycles. The lowest BCUT2D eigenvalue weighted by Crippen LogP contribution is -2.49. The molecule has 6 nitrogen and oxygen atoms in total. The van der Waals surface area contributed by atoms with Crippen molar-refractivity contribution in [3.63, 3.8) is 0 Å². The van der Waals surface area contributed by atoms with Crippen LogP contribution < -0.4 is 10.6 Å². The fourth-order valence-electron chi connectivity index (χ4n) is 2.57. The molecule has 0 aromatic heterocycles. The molecule has 1 rings (SSSR count). The number of rotatable bonds is 7. The third-order valence-corrected chi connectivity index (χ3v) is 4.09. The fraction of sp³-hybridized carbons (Fsp3) is 0.867. The normalized spacial score (nSPS) is 17.5. The van der Waals surface area contributed by atoms with E-state index < -0.39 is 11.5 Å². The van der Waals surface area contributed by atoms with Gasteiger partial charge in [-0.1, -0.05) is 0 Å². The average Bonchev–Trinajstić information content (AvgIpc) is 2.38. The summed E-state index contributed by atoms with van der Waals surface area (Å²) in [5.74, 6) is -0.144. The summed E-state index contributed by atoms with van der Waals surface area (Å²) in [5.41, 5.74) is -0.504. The quantitative estimate of drug-likeness (QED) is 0.668. The molecule has 0 atom stereocenters. The molecule has 0 aromatic carbocycles. The summed E-state index contributed by atoms with van der Waals surface area (Å²) in [4.78, 5) is 24.7. The first-order chi connectivity index (χ1) is 9.78. The number of hydrogen-bond donors (Lipinski definition) is 3. The average molecular weight is 299 g/mol. The predicted octanol–water partition coefficient (Wildman–Crippen LogP) is 1.66. The maximum atomic E-state index is 11.8. The Morgan fingerprint density at radius 3 is 2.48 bits per heavy atom. The fourth-order valence-corrected chi connectivity index (χ4v) is 2.57. The molecule has 122 valence electrons. The highest BCUT2D eigenvalue weighted by Gasteiger charge is 2.22. The predicted molar refractivity (Wildman–Crippen MR) is 82.3 cm³/mol. The molecule has 1 aliphatic rings. The second-order valence-corrected chi connectivity index (χ2v) is 6.69. The summed E-state index contributed by atoms with van der Waals surface area (Å²) in [6.07, 6.45) is 3.89. The zero-order chi connectivity index (χ0) is 15.9. The van der Waals surface area contributed by atoms with Crippen LogP contribution in [0.4, 0.5) is 4.79 Å². The van der Waals surface area contributed by atoms with E-state index in [1.54, 1.807) is 0 Å². The van der Waals surface area contributed by atoms with Gasteiger partial charge in [0.25, 0.3) is 0 Å². The summed E-state index contributed by atoms with van der Waals surface area (Å²) in [5, 5.41) is 14.4. The highest BCUT2D eigenvalue weighted by Crippen LogP contribution is 2.18. The van der Waals surface area contributed by atoms with Crippen LogP contribution in [0, 0.1) is 5.92 Å². The van der Waals surface area contributed by atoms with Crippen molar-refractivity contribution in [1.29, 1.82) is 0 Å². The Kier molecular flexibility index (Phi) is 6.95. The Hall–Kier alpha value is -1.30. The molecule has 0 aliphatic carbocycles. The van der Waals surface area contributed by atoms with Gasteiger partial charge < -0.3 is 20.6 Å². The molecule has 0 bridgehead atoms. The Bertz CT molecular complexity index is 350. The van der Waals surface area contributed by atoms with Crippen molar-refractivity contribution in [2.75, 3.05) is 26.7 Å². The van der Waals surface area contributed by atoms with E-state index in [2.05, 4.69) is 22.6 Å². The van der Waals surface area contributed by atoms with Gasteiger partial charge in [0, 0.05) is 18.5 Å². The van der Waals surface area contributed by atoms with Crippen LogP contribution in [0.15, 0.2) is 0 Å². The minimum absolute atomic E-state index is 0.0584. The summed E-state index contributed by atoms with van der Waals surface area (Å²) in [7, 11) is 2.14. The number of urea groups is 1. The first-order valence-corrected chi connectivity index (χ1v) is 7.75. The number of likely N-dealkylation sites (tertiary alicyclic amines) is 1. The number of piperidine rings is 1. The van der Waals surface area contributed by atoms with Crippen LogP contribution in [0.5, 0.6) is 0 Å². The van der Waals surface area contributed by atoms with Gasteiger partial charge in [-0.3, -0.25) is 4.79 Å². The van der Waals surface area contributed by atoms with Gasteiger partial charge in [0.05, 0.1) is 0 Å². The molecule has 6 heteroatoms. The van der Waals surface area contributed by atoms with Crippen LogP contribution in [0.25, 0.3) is 0 Å². The number of nitrogens with one attached hydrogen (secondary N) is 2. The van der Waals surface area contributed by atoms with Crippen molar-refractivity contribution >= 4 is 12.0 Å². The van der Waals surface area contributed by atoms with Crippen LogP contribution in [0.3, 0.4) is 0 Å². The van der Waals surface area contributed by atoms with Crippen LogP contribution >= 0.6 is 0 Å². The Morgan fingerprint density at radius 1 is 1.29 bits per heavy atom. The van der Waals surface area contributed by atoms with Crippen LogP contribution in [-0.2, 0) is 4.79 Å². The zero-order valence-electron chi connectivity index (χ0n) is 13.4. The van der Waals surface area contributed by atoms with Crippen molar-refractivity contribution in [2.45, 2.75) is 51.5 Å². The van der Waals surface area contributed by atoms with E-state index in [-0.39, 0.29) is 12.5 Å². The van der Waals surface area contributed by atoms with Crippen LogP contribution in [-0.4, -0.2) is 54.2 Å². The summed E-state index contributed by atoms with van der Waals surface area (Å²) in [6, 6.07) is -0.210. The van der Waals surface area contributed by atoms with Gasteiger partial charge in [-0.15, -0.1) is 0 Å². The first kappa shape index (κ1) is 17.8. The zero-order valence-corrected chi connectivity index (χ0v) is 13.4. The van der Waals surface area contributed by atoms with Gasteiger partial charge in [-0.05, 0) is 65.6 Å². The van der Waals surface area contributed by atoms with E-state index in [0.717, 1.165) is 19.5 Å². The summed E-state index contributed by atoms with van der Waals surface area (Å²) in [6.45, 7) is 6.63. The molecule has 1 aliphatic heterocycles. The van der Waals surface area contributed by atoms with Crippen LogP contribution in [0.1, 0.15) is 46.0 Å². The van der Waals surface area contributed by atoms with Crippen molar-refractivity contribution in [2.24, 2.45) is 5.92 Å². The molecule has 0 spiro atoms. The SMILES string of the molecule is CN1CCC(CCNC(=O)NC(C)(C)CCC(=O)O)CC1. The standard InChI is InChI=1S/C15H29N3O3/c1-15(2,8-4-13(19)20)17-14(21)16-9-5-12-6-10-18(3)11-7-12/h12H,4-11H2,1-3H3,(H,19,20)(H2,16,17,21). The molecular weight excluding hydrogens is 270 g/mol. The highest BCUT2D eigenvalue weighted by atomic mass is 16.4. The first-order valence-electron chi connectivity index (χ1n) is 7.75. The Balaban J connectivity index is 2.17. The van der Waals surface area contributed by atoms with E-state index in [9.17, 15) is 9.59 Å². The van der Waals surface area contributed by atoms with Gasteiger partial charge in [0.15, 0.2) is 0 Å². The molecule has 1 saturated heterocycles. The maximum Gasteiger partial charge on any atom is 0.315 e. The lowest BCUT2D eigenvalue weighted by Gasteiger charge is -2.29. The molecule has 1 fully saturated rings. The third-order valence-electron chi connectivity index (χ3n) is 4.09. The lowest BCUT2D eigenvalue weighted by molar-refractivity contribution is -0.137. The van der Waals surface area contributed by atoms with E-state index in [1.807, 2.05) is 13.8 Å². The monoisotopic (exact) mass is 299 g/mol. The molecule has 0 aromatic rings. The van der Waals surface area contributed by atoms with E-state index in [0.29, 0.717) is 18.9 Å². The second kappa shape index (κ2) is 8.22. The van der Waals surface area contributed by atoms with E-state index in [1.165, 1.54) is 12.8 Å². The van der Waals surface area contributed by atoms with E-state index in [4.69, 9.17) is 5.11 Å². The summed E-state index contributed by atoms with van der Waals surface area (Å²) >= 11 is 0. The molecule has 3 N–H and O–H groups in total. The number of carboxylic acid groups (broad SMARTS) is 1. The molecule has 0 unspecified atom stereocenters. The number of hydrogen-bond acceptors (Lipinski definition) is 3. The molecule has 2 amide bonds. The van der Waals surface area contributed by atoms with Crippen molar-refractivity contribution in [3.8, 4) is 0 Å². The van der Waals surface area contributed by atoms with Gasteiger partial charge in [0.1, 0.15) is 0 Å².